The molecule has 0 bridgehead atoms. The molecule has 2 N–H and O–H groups in total. The quantitative estimate of drug-likeness (QED) is 0.468. The second kappa shape index (κ2) is 5.73. The zero-order chi connectivity index (χ0) is 16.0. The Morgan fingerprint density at radius 2 is 1.68 bits per heavy atom. The van der Waals surface area contributed by atoms with E-state index >= 15 is 0 Å². The molecular weight excluding hydrogens is 510 g/mol. The van der Waals surface area contributed by atoms with Crippen LogP contribution in [0.1, 0.15) is 5.56 Å². The Morgan fingerprint density at radius 1 is 1.05 bits per heavy atom. The Kier molecular flexibility index (Phi) is 4.06. The fraction of sp³-hybridized carbons (Fsp3) is 0.0625. The van der Waals surface area contributed by atoms with Gasteiger partial charge in [0.25, 0.3) is 0 Å². The number of benzene rings is 2. The van der Waals surface area contributed by atoms with Crippen molar-refractivity contribution in [3.05, 3.63) is 53.3 Å². The average molecular weight is 520 g/mol. The van der Waals surface area contributed by atoms with E-state index in [-0.39, 0.29) is 16.9 Å². The summed E-state index contributed by atoms with van der Waals surface area (Å²) in [6.07, 6.45) is 0. The molecule has 0 atom stereocenters. The predicted octanol–water partition coefficient (Wildman–Crippen LogP) is 4.39. The van der Waals surface area contributed by atoms with Gasteiger partial charge in [0.15, 0.2) is 5.43 Å². The number of hydrogen-bond donors (Lipinski definition) is 2. The minimum absolute atomic E-state index is 0.0420. The second-order valence-electron chi connectivity index (χ2n) is 4.85. The van der Waals surface area contributed by atoms with Gasteiger partial charge in [-0.1, -0.05) is 0 Å². The van der Waals surface area contributed by atoms with Crippen molar-refractivity contribution in [3.63, 3.8) is 0 Å². The van der Waals surface area contributed by atoms with E-state index in [1.807, 2.05) is 45.2 Å². The molecule has 0 radical (unpaired) electrons. The van der Waals surface area contributed by atoms with Gasteiger partial charge in [-0.25, -0.2) is 0 Å². The Morgan fingerprint density at radius 3 is 2.32 bits per heavy atom. The van der Waals surface area contributed by atoms with Crippen molar-refractivity contribution < 1.29 is 14.6 Å². The highest BCUT2D eigenvalue weighted by atomic mass is 127. The summed E-state index contributed by atoms with van der Waals surface area (Å²) in [5.41, 5.74) is 1.42. The third kappa shape index (κ3) is 2.58. The molecule has 3 rings (SSSR count). The van der Waals surface area contributed by atoms with Gasteiger partial charge >= 0.3 is 0 Å². The standard InChI is InChI=1S/C16H10I2O4/c1-7-14(20)10-3-2-9(19)6-13(10)22-16(7)8-4-11(17)15(21)12(18)5-8/h2-6,19,21H,1H3. The highest BCUT2D eigenvalue weighted by Crippen LogP contribution is 2.34. The van der Waals surface area contributed by atoms with E-state index in [1.54, 1.807) is 25.1 Å². The lowest BCUT2D eigenvalue weighted by atomic mass is 10.1. The Labute approximate surface area is 153 Å². The molecule has 22 heavy (non-hydrogen) atoms. The molecule has 0 fully saturated rings. The van der Waals surface area contributed by atoms with E-state index in [9.17, 15) is 15.0 Å². The van der Waals surface area contributed by atoms with E-state index in [0.717, 1.165) is 0 Å². The first-order valence-corrected chi connectivity index (χ1v) is 8.49. The Balaban J connectivity index is 2.36. The molecule has 0 spiro atoms. The van der Waals surface area contributed by atoms with Crippen LogP contribution in [-0.4, -0.2) is 10.2 Å². The molecule has 0 aliphatic heterocycles. The van der Waals surface area contributed by atoms with Crippen molar-refractivity contribution in [1.82, 2.24) is 0 Å². The average Bonchev–Trinajstić information content (AvgIpc) is 2.47. The number of fused-ring (bicyclic) bond motifs is 1. The van der Waals surface area contributed by atoms with Crippen molar-refractivity contribution >= 4 is 56.2 Å². The SMILES string of the molecule is Cc1c(-c2cc(I)c(O)c(I)c2)oc2cc(O)ccc2c1=O. The summed E-state index contributed by atoms with van der Waals surface area (Å²) in [5, 5.41) is 19.9. The van der Waals surface area contributed by atoms with Gasteiger partial charge in [-0.05, 0) is 76.4 Å². The molecule has 0 aliphatic carbocycles. The summed E-state index contributed by atoms with van der Waals surface area (Å²) in [5.74, 6) is 0.697. The molecule has 0 saturated carbocycles. The maximum atomic E-state index is 12.5. The smallest absolute Gasteiger partial charge is 0.196 e. The van der Waals surface area contributed by atoms with E-state index in [2.05, 4.69) is 0 Å². The Bertz CT molecular complexity index is 937. The van der Waals surface area contributed by atoms with Gasteiger partial charge in [0.05, 0.1) is 12.5 Å². The summed E-state index contributed by atoms with van der Waals surface area (Å²) in [4.78, 5) is 12.5. The molecule has 0 saturated heterocycles. The Hall–Kier alpha value is -1.29. The van der Waals surface area contributed by atoms with Gasteiger partial charge < -0.3 is 14.6 Å². The predicted molar refractivity (Wildman–Crippen MR) is 101 cm³/mol. The van der Waals surface area contributed by atoms with Crippen LogP contribution in [0.2, 0.25) is 0 Å². The fourth-order valence-corrected chi connectivity index (χ4v) is 4.01. The number of halogens is 2. The van der Waals surface area contributed by atoms with Crippen LogP contribution in [0, 0.1) is 14.1 Å². The highest BCUT2D eigenvalue weighted by Gasteiger charge is 2.15. The molecule has 3 aromatic rings. The van der Waals surface area contributed by atoms with Gasteiger partial charge in [0.2, 0.25) is 0 Å². The number of aromatic hydroxyl groups is 2. The van der Waals surface area contributed by atoms with E-state index in [1.165, 1.54) is 12.1 Å². The lowest BCUT2D eigenvalue weighted by Gasteiger charge is -2.09. The molecule has 0 aliphatic rings. The number of hydrogen-bond acceptors (Lipinski definition) is 4. The van der Waals surface area contributed by atoms with Crippen molar-refractivity contribution in [3.8, 4) is 22.8 Å². The maximum absolute atomic E-state index is 12.5. The molecule has 112 valence electrons. The third-order valence-corrected chi connectivity index (χ3v) is 5.03. The normalized spacial score (nSPS) is 11.0. The highest BCUT2D eigenvalue weighted by molar-refractivity contribution is 14.1. The van der Waals surface area contributed by atoms with Crippen LogP contribution in [0.4, 0.5) is 0 Å². The van der Waals surface area contributed by atoms with E-state index < -0.39 is 0 Å². The number of phenolic OH excluding ortho intramolecular Hbond substituents is 2. The molecule has 0 amide bonds. The van der Waals surface area contributed by atoms with Gasteiger partial charge in [-0.15, -0.1) is 0 Å². The minimum atomic E-state index is -0.130. The van der Waals surface area contributed by atoms with Crippen molar-refractivity contribution in [2.24, 2.45) is 0 Å². The monoisotopic (exact) mass is 520 g/mol. The van der Waals surface area contributed by atoms with E-state index in [4.69, 9.17) is 4.42 Å². The fourth-order valence-electron chi connectivity index (χ4n) is 2.25. The van der Waals surface area contributed by atoms with Gasteiger partial charge in [0, 0.05) is 17.2 Å². The third-order valence-electron chi connectivity index (χ3n) is 3.38. The van der Waals surface area contributed by atoms with Crippen LogP contribution in [0.25, 0.3) is 22.3 Å². The molecular formula is C16H10I2O4. The van der Waals surface area contributed by atoms with Gasteiger partial charge in [-0.3, -0.25) is 4.79 Å². The van der Waals surface area contributed by atoms with Crippen molar-refractivity contribution in [1.29, 1.82) is 0 Å². The molecule has 2 aromatic carbocycles. The number of phenols is 2. The largest absolute Gasteiger partial charge is 0.508 e. The second-order valence-corrected chi connectivity index (χ2v) is 7.18. The summed E-state index contributed by atoms with van der Waals surface area (Å²) in [7, 11) is 0. The van der Waals surface area contributed by atoms with Gasteiger partial charge in [-0.2, -0.15) is 0 Å². The first-order chi connectivity index (χ1) is 10.4. The summed E-state index contributed by atoms with van der Waals surface area (Å²) in [6, 6.07) is 7.97. The summed E-state index contributed by atoms with van der Waals surface area (Å²) in [6.45, 7) is 1.71. The molecule has 4 nitrogen and oxygen atoms in total. The molecule has 1 heterocycles. The zero-order valence-electron chi connectivity index (χ0n) is 11.4. The first-order valence-electron chi connectivity index (χ1n) is 6.33. The lowest BCUT2D eigenvalue weighted by molar-refractivity contribution is 0.467. The van der Waals surface area contributed by atoms with Crippen LogP contribution < -0.4 is 5.43 Å². The summed E-state index contributed by atoms with van der Waals surface area (Å²) < 4.78 is 7.20. The lowest BCUT2D eigenvalue weighted by Crippen LogP contribution is -2.07. The summed E-state index contributed by atoms with van der Waals surface area (Å²) >= 11 is 4.06. The minimum Gasteiger partial charge on any atom is -0.508 e. The van der Waals surface area contributed by atoms with Crippen LogP contribution in [0.5, 0.6) is 11.5 Å². The van der Waals surface area contributed by atoms with Crippen molar-refractivity contribution in [2.45, 2.75) is 6.92 Å². The number of rotatable bonds is 1. The molecule has 1 aromatic heterocycles. The van der Waals surface area contributed by atoms with Crippen LogP contribution >= 0.6 is 45.2 Å². The maximum Gasteiger partial charge on any atom is 0.196 e. The molecule has 0 unspecified atom stereocenters. The zero-order valence-corrected chi connectivity index (χ0v) is 15.7. The van der Waals surface area contributed by atoms with Crippen LogP contribution in [0.3, 0.4) is 0 Å². The van der Waals surface area contributed by atoms with E-state index in [0.29, 0.717) is 35.0 Å². The first kappa shape index (κ1) is 15.6. The van der Waals surface area contributed by atoms with Crippen LogP contribution in [0.15, 0.2) is 39.5 Å². The van der Waals surface area contributed by atoms with Crippen molar-refractivity contribution in [2.75, 3.05) is 0 Å². The van der Waals surface area contributed by atoms with Gasteiger partial charge in [0.1, 0.15) is 22.8 Å². The molecule has 6 heteroatoms. The van der Waals surface area contributed by atoms with Crippen LogP contribution in [-0.2, 0) is 0 Å². The topological polar surface area (TPSA) is 70.7 Å².